The van der Waals surface area contributed by atoms with E-state index in [1.165, 1.54) is 24.3 Å². The second kappa shape index (κ2) is 6.61. The average molecular weight is 291 g/mol. The smallest absolute Gasteiger partial charge is 0.338 e. The highest BCUT2D eigenvalue weighted by atomic mass is 16.5. The van der Waals surface area contributed by atoms with Crippen molar-refractivity contribution in [1.82, 2.24) is 4.90 Å². The molecule has 1 amide bonds. The van der Waals surface area contributed by atoms with Crippen molar-refractivity contribution in [3.8, 4) is 5.75 Å². The first-order valence-electron chi connectivity index (χ1n) is 7.19. The van der Waals surface area contributed by atoms with Gasteiger partial charge in [0.05, 0.1) is 5.56 Å². The molecule has 114 valence electrons. The summed E-state index contributed by atoms with van der Waals surface area (Å²) in [5.74, 6) is 0.330. The Labute approximate surface area is 124 Å². The lowest BCUT2D eigenvalue weighted by atomic mass is 9.92. The summed E-state index contributed by atoms with van der Waals surface area (Å²) in [5, 5.41) is 9.16. The lowest BCUT2D eigenvalue weighted by Crippen LogP contribution is -2.44. The molecule has 0 aliphatic carbocycles. The number of benzene rings is 1. The van der Waals surface area contributed by atoms with Crippen LogP contribution in [-0.4, -0.2) is 41.6 Å². The minimum atomic E-state index is -0.554. The number of phenolic OH excluding ortho intramolecular Hbond substituents is 1. The number of nitrogens with zero attached hydrogens (tertiary/aromatic N) is 1. The van der Waals surface area contributed by atoms with Gasteiger partial charge in [0, 0.05) is 13.1 Å². The number of hydrogen-bond acceptors (Lipinski definition) is 4. The van der Waals surface area contributed by atoms with Gasteiger partial charge in [0.15, 0.2) is 6.61 Å². The molecular weight excluding hydrogens is 270 g/mol. The largest absolute Gasteiger partial charge is 0.508 e. The zero-order chi connectivity index (χ0) is 15.4. The quantitative estimate of drug-likeness (QED) is 0.866. The first kappa shape index (κ1) is 15.4. The molecule has 21 heavy (non-hydrogen) atoms. The fourth-order valence-corrected chi connectivity index (χ4v) is 2.77. The second-order valence-corrected chi connectivity index (χ2v) is 5.87. The molecule has 1 aliphatic rings. The van der Waals surface area contributed by atoms with E-state index in [2.05, 4.69) is 13.8 Å². The lowest BCUT2D eigenvalue weighted by Gasteiger charge is -2.34. The molecule has 5 heteroatoms. The summed E-state index contributed by atoms with van der Waals surface area (Å²) in [6.07, 6.45) is 1.12. The molecule has 1 aromatic rings. The number of amides is 1. The van der Waals surface area contributed by atoms with E-state index < -0.39 is 5.97 Å². The van der Waals surface area contributed by atoms with Gasteiger partial charge in [0.25, 0.3) is 5.91 Å². The van der Waals surface area contributed by atoms with E-state index >= 15 is 0 Å². The molecule has 0 radical (unpaired) electrons. The van der Waals surface area contributed by atoms with Crippen molar-refractivity contribution < 1.29 is 19.4 Å². The number of piperidine rings is 1. The zero-order valence-corrected chi connectivity index (χ0v) is 12.4. The van der Waals surface area contributed by atoms with E-state index in [4.69, 9.17) is 9.84 Å². The third-order valence-electron chi connectivity index (χ3n) is 3.65. The van der Waals surface area contributed by atoms with Gasteiger partial charge in [0.2, 0.25) is 0 Å². The van der Waals surface area contributed by atoms with E-state index in [-0.39, 0.29) is 18.3 Å². The van der Waals surface area contributed by atoms with Crippen LogP contribution in [0.25, 0.3) is 0 Å². The van der Waals surface area contributed by atoms with Crippen molar-refractivity contribution >= 4 is 11.9 Å². The van der Waals surface area contributed by atoms with Gasteiger partial charge in [-0.1, -0.05) is 13.8 Å². The molecule has 5 nitrogen and oxygen atoms in total. The highest BCUT2D eigenvalue weighted by Gasteiger charge is 2.26. The number of likely N-dealkylation sites (tertiary alicyclic amines) is 1. The van der Waals surface area contributed by atoms with Gasteiger partial charge in [-0.2, -0.15) is 0 Å². The van der Waals surface area contributed by atoms with Gasteiger partial charge in [-0.05, 0) is 42.5 Å². The molecule has 2 atom stereocenters. The number of esters is 1. The van der Waals surface area contributed by atoms with Gasteiger partial charge in [0.1, 0.15) is 5.75 Å². The number of phenols is 1. The van der Waals surface area contributed by atoms with Crippen molar-refractivity contribution in [3.05, 3.63) is 29.8 Å². The molecule has 1 aliphatic heterocycles. The third kappa shape index (κ3) is 4.21. The van der Waals surface area contributed by atoms with Crippen LogP contribution < -0.4 is 0 Å². The Bertz CT molecular complexity index is 502. The molecule has 0 unspecified atom stereocenters. The van der Waals surface area contributed by atoms with Crippen molar-refractivity contribution in [2.24, 2.45) is 11.8 Å². The van der Waals surface area contributed by atoms with Gasteiger partial charge in [-0.25, -0.2) is 4.79 Å². The fourth-order valence-electron chi connectivity index (χ4n) is 2.77. The predicted octanol–water partition coefficient (Wildman–Crippen LogP) is 2.05. The number of ether oxygens (including phenoxy) is 1. The SMILES string of the molecule is C[C@H]1C[C@H](C)CN(C(=O)COC(=O)c2ccc(O)cc2)C1. The summed E-state index contributed by atoms with van der Waals surface area (Å²) >= 11 is 0. The summed E-state index contributed by atoms with van der Waals surface area (Å²) < 4.78 is 5.04. The lowest BCUT2D eigenvalue weighted by molar-refractivity contribution is -0.137. The third-order valence-corrected chi connectivity index (χ3v) is 3.65. The van der Waals surface area contributed by atoms with Crippen LogP contribution in [0.1, 0.15) is 30.6 Å². The fraction of sp³-hybridized carbons (Fsp3) is 0.500. The van der Waals surface area contributed by atoms with Crippen molar-refractivity contribution in [3.63, 3.8) is 0 Å². The second-order valence-electron chi connectivity index (χ2n) is 5.87. The van der Waals surface area contributed by atoms with Crippen LogP contribution in [0, 0.1) is 11.8 Å². The number of aromatic hydroxyl groups is 1. The van der Waals surface area contributed by atoms with E-state index in [0.29, 0.717) is 17.4 Å². The maximum atomic E-state index is 12.1. The van der Waals surface area contributed by atoms with Crippen LogP contribution in [0.2, 0.25) is 0 Å². The Morgan fingerprint density at radius 3 is 2.33 bits per heavy atom. The van der Waals surface area contributed by atoms with E-state index in [1.54, 1.807) is 4.90 Å². The Morgan fingerprint density at radius 1 is 1.19 bits per heavy atom. The summed E-state index contributed by atoms with van der Waals surface area (Å²) in [6.45, 7) is 5.45. The topological polar surface area (TPSA) is 66.8 Å². The minimum Gasteiger partial charge on any atom is -0.508 e. The maximum absolute atomic E-state index is 12.1. The molecule has 0 spiro atoms. The molecule has 1 aromatic carbocycles. The van der Waals surface area contributed by atoms with Crippen molar-refractivity contribution in [2.75, 3.05) is 19.7 Å². The van der Waals surface area contributed by atoms with Crippen molar-refractivity contribution in [2.45, 2.75) is 20.3 Å². The highest BCUT2D eigenvalue weighted by molar-refractivity contribution is 5.91. The van der Waals surface area contributed by atoms with E-state index in [9.17, 15) is 9.59 Å². The normalized spacial score (nSPS) is 21.9. The molecule has 1 saturated heterocycles. The molecule has 1 fully saturated rings. The monoisotopic (exact) mass is 291 g/mol. The molecule has 2 rings (SSSR count). The Balaban J connectivity index is 1.86. The minimum absolute atomic E-state index is 0.0823. The molecule has 0 bridgehead atoms. The summed E-state index contributed by atoms with van der Waals surface area (Å²) in [5.41, 5.74) is 0.320. The molecule has 0 saturated carbocycles. The van der Waals surface area contributed by atoms with Crippen LogP contribution in [-0.2, 0) is 9.53 Å². The maximum Gasteiger partial charge on any atom is 0.338 e. The molecular formula is C16H21NO4. The predicted molar refractivity (Wildman–Crippen MR) is 77.9 cm³/mol. The standard InChI is InChI=1S/C16H21NO4/c1-11-7-12(2)9-17(8-11)15(19)10-21-16(20)13-3-5-14(18)6-4-13/h3-6,11-12,18H,7-10H2,1-2H3/t11-,12-/m0/s1. The number of carbonyl (C=O) groups is 2. The van der Waals surface area contributed by atoms with Gasteiger partial charge in [-0.3, -0.25) is 4.79 Å². The highest BCUT2D eigenvalue weighted by Crippen LogP contribution is 2.21. The summed E-state index contributed by atoms with van der Waals surface area (Å²) in [6, 6.07) is 5.75. The first-order chi connectivity index (χ1) is 9.95. The summed E-state index contributed by atoms with van der Waals surface area (Å²) in [4.78, 5) is 25.7. The zero-order valence-electron chi connectivity index (χ0n) is 12.4. The first-order valence-corrected chi connectivity index (χ1v) is 7.19. The van der Waals surface area contributed by atoms with Crippen molar-refractivity contribution in [1.29, 1.82) is 0 Å². The Kier molecular flexibility index (Phi) is 4.83. The molecule has 0 aromatic heterocycles. The number of rotatable bonds is 3. The number of carbonyl (C=O) groups excluding carboxylic acids is 2. The average Bonchev–Trinajstić information content (AvgIpc) is 2.44. The van der Waals surface area contributed by atoms with Crippen LogP contribution in [0.15, 0.2) is 24.3 Å². The Hall–Kier alpha value is -2.04. The molecule has 1 heterocycles. The van der Waals surface area contributed by atoms with Crippen LogP contribution in [0.4, 0.5) is 0 Å². The van der Waals surface area contributed by atoms with Gasteiger partial charge < -0.3 is 14.7 Å². The van der Waals surface area contributed by atoms with Crippen LogP contribution in [0.5, 0.6) is 5.75 Å². The Morgan fingerprint density at radius 2 is 1.76 bits per heavy atom. The van der Waals surface area contributed by atoms with Crippen LogP contribution in [0.3, 0.4) is 0 Å². The van der Waals surface area contributed by atoms with Crippen LogP contribution >= 0.6 is 0 Å². The molecule has 1 N–H and O–H groups in total. The van der Waals surface area contributed by atoms with Gasteiger partial charge >= 0.3 is 5.97 Å². The van der Waals surface area contributed by atoms with E-state index in [1.807, 2.05) is 0 Å². The van der Waals surface area contributed by atoms with Gasteiger partial charge in [-0.15, -0.1) is 0 Å². The summed E-state index contributed by atoms with van der Waals surface area (Å²) in [7, 11) is 0. The van der Waals surface area contributed by atoms with E-state index in [0.717, 1.165) is 19.5 Å². The number of hydrogen-bond donors (Lipinski definition) is 1.